The van der Waals surface area contributed by atoms with E-state index in [2.05, 4.69) is 16.4 Å². The Morgan fingerprint density at radius 2 is 2.50 bits per heavy atom. The zero-order chi connectivity index (χ0) is 14.2. The van der Waals surface area contributed by atoms with Crippen LogP contribution in [-0.4, -0.2) is 29.9 Å². The summed E-state index contributed by atoms with van der Waals surface area (Å²) in [7, 11) is 0. The Hall–Kier alpha value is -1.07. The highest BCUT2D eigenvalue weighted by Crippen LogP contribution is 2.30. The van der Waals surface area contributed by atoms with Gasteiger partial charge in [0.2, 0.25) is 0 Å². The molecule has 0 aromatic carbocycles. The fourth-order valence-electron chi connectivity index (χ4n) is 2.36. The molecule has 1 N–H and O–H groups in total. The minimum atomic E-state index is -0.105. The fraction of sp³-hybridized carbons (Fsp3) is 0.600. The molecular formula is C15H22N2O2S. The predicted molar refractivity (Wildman–Crippen MR) is 80.8 cm³/mol. The van der Waals surface area contributed by atoms with Crippen LogP contribution in [0, 0.1) is 0 Å². The number of carbonyl (C=O) groups excluding carboxylic acids is 1. The van der Waals surface area contributed by atoms with Crippen LogP contribution < -0.4 is 5.32 Å². The number of thioether (sulfide) groups is 1. The first kappa shape index (κ1) is 15.3. The molecule has 20 heavy (non-hydrogen) atoms. The van der Waals surface area contributed by atoms with Crippen molar-refractivity contribution in [3.8, 4) is 0 Å². The first-order valence-electron chi connectivity index (χ1n) is 7.28. The predicted octanol–water partition coefficient (Wildman–Crippen LogP) is 2.94. The van der Waals surface area contributed by atoms with Crippen molar-refractivity contribution in [2.24, 2.45) is 0 Å². The van der Waals surface area contributed by atoms with Gasteiger partial charge in [-0.1, -0.05) is 6.07 Å². The maximum absolute atomic E-state index is 11.3. The van der Waals surface area contributed by atoms with E-state index in [1.807, 2.05) is 19.2 Å². The molecule has 1 aromatic heterocycles. The summed E-state index contributed by atoms with van der Waals surface area (Å²) in [5.74, 6) is 0.794. The van der Waals surface area contributed by atoms with Gasteiger partial charge in [-0.25, -0.2) is 4.98 Å². The fourth-order valence-corrected chi connectivity index (χ4v) is 3.35. The zero-order valence-corrected chi connectivity index (χ0v) is 12.7. The number of aromatic nitrogens is 1. The molecule has 4 nitrogen and oxygen atoms in total. The third kappa shape index (κ3) is 4.49. The Morgan fingerprint density at radius 1 is 1.60 bits per heavy atom. The number of rotatable bonds is 7. The maximum atomic E-state index is 11.3. The highest BCUT2D eigenvalue weighted by Gasteiger charge is 2.19. The van der Waals surface area contributed by atoms with Crippen molar-refractivity contribution in [3.63, 3.8) is 0 Å². The molecule has 1 fully saturated rings. The second-order valence-electron chi connectivity index (χ2n) is 4.80. The first-order chi connectivity index (χ1) is 9.81. The van der Waals surface area contributed by atoms with Gasteiger partial charge in [0.15, 0.2) is 0 Å². The summed E-state index contributed by atoms with van der Waals surface area (Å²) in [4.78, 5) is 15.8. The third-order valence-electron chi connectivity index (χ3n) is 3.31. The smallest absolute Gasteiger partial charge is 0.305 e. The minimum Gasteiger partial charge on any atom is -0.466 e. The maximum Gasteiger partial charge on any atom is 0.305 e. The molecule has 1 aromatic rings. The van der Waals surface area contributed by atoms with Crippen LogP contribution in [0.3, 0.4) is 0 Å². The number of pyridine rings is 1. The average Bonchev–Trinajstić information content (AvgIpc) is 2.98. The van der Waals surface area contributed by atoms with Gasteiger partial charge in [0.1, 0.15) is 5.03 Å². The molecule has 5 heteroatoms. The standard InChI is InChI=1S/C15H22N2O2S/c1-2-19-14(18)8-5-11-20-15-12(6-3-10-17-15)13-7-4-9-16-13/h3,6,10,13,16H,2,4-5,7-9,11H2,1H3/t13-/m0/s1. The summed E-state index contributed by atoms with van der Waals surface area (Å²) in [6.07, 6.45) is 5.57. The number of nitrogens with zero attached hydrogens (tertiary/aromatic N) is 1. The molecule has 0 unspecified atom stereocenters. The summed E-state index contributed by atoms with van der Waals surface area (Å²) in [6, 6.07) is 4.60. The Balaban J connectivity index is 1.82. The topological polar surface area (TPSA) is 51.2 Å². The number of esters is 1. The monoisotopic (exact) mass is 294 g/mol. The van der Waals surface area contributed by atoms with Gasteiger partial charge in [-0.15, -0.1) is 11.8 Å². The van der Waals surface area contributed by atoms with E-state index in [0.29, 0.717) is 19.1 Å². The lowest BCUT2D eigenvalue weighted by molar-refractivity contribution is -0.143. The van der Waals surface area contributed by atoms with Crippen molar-refractivity contribution in [1.29, 1.82) is 0 Å². The van der Waals surface area contributed by atoms with Crippen LogP contribution in [0.25, 0.3) is 0 Å². The number of ether oxygens (including phenoxy) is 1. The van der Waals surface area contributed by atoms with Crippen molar-refractivity contribution >= 4 is 17.7 Å². The van der Waals surface area contributed by atoms with E-state index in [0.717, 1.165) is 23.7 Å². The molecule has 110 valence electrons. The van der Waals surface area contributed by atoms with Gasteiger partial charge in [0.05, 0.1) is 6.61 Å². The molecule has 1 atom stereocenters. The lowest BCUT2D eigenvalue weighted by Gasteiger charge is -2.14. The Bertz CT molecular complexity index is 434. The second kappa shape index (κ2) is 8.27. The van der Waals surface area contributed by atoms with Crippen LogP contribution in [0.4, 0.5) is 0 Å². The van der Waals surface area contributed by atoms with Gasteiger partial charge in [0.25, 0.3) is 0 Å². The quantitative estimate of drug-likeness (QED) is 0.476. The summed E-state index contributed by atoms with van der Waals surface area (Å²) >= 11 is 1.74. The van der Waals surface area contributed by atoms with E-state index in [9.17, 15) is 4.79 Å². The SMILES string of the molecule is CCOC(=O)CCCSc1ncccc1[C@@H]1CCCN1. The van der Waals surface area contributed by atoms with Crippen molar-refractivity contribution in [1.82, 2.24) is 10.3 Å². The number of nitrogens with one attached hydrogen (secondary N) is 1. The van der Waals surface area contributed by atoms with E-state index >= 15 is 0 Å². The average molecular weight is 294 g/mol. The molecule has 0 spiro atoms. The van der Waals surface area contributed by atoms with E-state index in [4.69, 9.17) is 4.74 Å². The Kier molecular flexibility index (Phi) is 6.33. The summed E-state index contributed by atoms with van der Waals surface area (Å²) in [5.41, 5.74) is 1.30. The summed E-state index contributed by atoms with van der Waals surface area (Å²) in [5, 5.41) is 4.60. The highest BCUT2D eigenvalue weighted by molar-refractivity contribution is 7.99. The van der Waals surface area contributed by atoms with E-state index in [1.54, 1.807) is 11.8 Å². The molecule has 0 saturated carbocycles. The van der Waals surface area contributed by atoms with Crippen LogP contribution in [0.5, 0.6) is 0 Å². The van der Waals surface area contributed by atoms with Gasteiger partial charge in [-0.05, 0) is 38.8 Å². The molecule has 0 amide bonds. The molecule has 2 rings (SSSR count). The largest absolute Gasteiger partial charge is 0.466 e. The molecule has 2 heterocycles. The minimum absolute atomic E-state index is 0.105. The van der Waals surface area contributed by atoms with Crippen LogP contribution in [0.2, 0.25) is 0 Å². The highest BCUT2D eigenvalue weighted by atomic mass is 32.2. The van der Waals surface area contributed by atoms with E-state index < -0.39 is 0 Å². The summed E-state index contributed by atoms with van der Waals surface area (Å²) < 4.78 is 4.93. The van der Waals surface area contributed by atoms with Crippen LogP contribution in [-0.2, 0) is 9.53 Å². The Labute approximate surface area is 124 Å². The molecule has 1 saturated heterocycles. The molecule has 0 aliphatic carbocycles. The zero-order valence-electron chi connectivity index (χ0n) is 11.9. The van der Waals surface area contributed by atoms with Crippen molar-refractivity contribution < 1.29 is 9.53 Å². The van der Waals surface area contributed by atoms with E-state index in [1.165, 1.54) is 18.4 Å². The number of hydrogen-bond donors (Lipinski definition) is 1. The van der Waals surface area contributed by atoms with Gasteiger partial charge in [-0.2, -0.15) is 0 Å². The Morgan fingerprint density at radius 3 is 3.25 bits per heavy atom. The molecule has 1 aliphatic heterocycles. The molecule has 0 radical (unpaired) electrons. The normalized spacial score (nSPS) is 18.1. The van der Waals surface area contributed by atoms with Gasteiger partial charge >= 0.3 is 5.97 Å². The van der Waals surface area contributed by atoms with Crippen molar-refractivity contribution in [2.45, 2.75) is 43.7 Å². The summed E-state index contributed by atoms with van der Waals surface area (Å²) in [6.45, 7) is 3.39. The van der Waals surface area contributed by atoms with Crippen molar-refractivity contribution in [3.05, 3.63) is 23.9 Å². The van der Waals surface area contributed by atoms with Crippen LogP contribution >= 0.6 is 11.8 Å². The van der Waals surface area contributed by atoms with Gasteiger partial charge in [-0.3, -0.25) is 4.79 Å². The number of carbonyl (C=O) groups is 1. The number of hydrogen-bond acceptors (Lipinski definition) is 5. The van der Waals surface area contributed by atoms with Crippen molar-refractivity contribution in [2.75, 3.05) is 18.9 Å². The second-order valence-corrected chi connectivity index (χ2v) is 5.89. The lowest BCUT2D eigenvalue weighted by Crippen LogP contribution is -2.14. The molecule has 1 aliphatic rings. The lowest BCUT2D eigenvalue weighted by atomic mass is 10.1. The molecule has 0 bridgehead atoms. The molecular weight excluding hydrogens is 272 g/mol. The van der Waals surface area contributed by atoms with Gasteiger partial charge in [0, 0.05) is 30.0 Å². The third-order valence-corrected chi connectivity index (χ3v) is 4.41. The van der Waals surface area contributed by atoms with Crippen LogP contribution in [0.15, 0.2) is 23.4 Å². The van der Waals surface area contributed by atoms with Crippen LogP contribution in [0.1, 0.15) is 44.2 Å². The van der Waals surface area contributed by atoms with Gasteiger partial charge < -0.3 is 10.1 Å². The first-order valence-corrected chi connectivity index (χ1v) is 8.26. The van der Waals surface area contributed by atoms with E-state index in [-0.39, 0.29) is 5.97 Å².